The molecule has 0 aliphatic heterocycles. The van der Waals surface area contributed by atoms with Crippen molar-refractivity contribution in [3.05, 3.63) is 164 Å². The molecule has 0 atom stereocenters. The van der Waals surface area contributed by atoms with Gasteiger partial charge < -0.3 is 9.32 Å². The van der Waals surface area contributed by atoms with Crippen LogP contribution in [-0.2, 0) is 0 Å². The Hall–Kier alpha value is -5.90. The summed E-state index contributed by atoms with van der Waals surface area (Å²) in [5.41, 5.74) is 7.67. The predicted molar refractivity (Wildman–Crippen MR) is 202 cm³/mol. The molecule has 3 heteroatoms. The van der Waals surface area contributed by atoms with Gasteiger partial charge in [-0.15, -0.1) is 11.3 Å². The third kappa shape index (κ3) is 4.10. The van der Waals surface area contributed by atoms with Gasteiger partial charge in [0.05, 0.1) is 5.69 Å². The highest BCUT2D eigenvalue weighted by molar-refractivity contribution is 7.26. The van der Waals surface area contributed by atoms with E-state index in [1.54, 1.807) is 0 Å². The van der Waals surface area contributed by atoms with Crippen molar-refractivity contribution in [1.29, 1.82) is 0 Å². The number of para-hydroxylation sites is 1. The Balaban J connectivity index is 1.21. The van der Waals surface area contributed by atoms with Crippen molar-refractivity contribution in [3.8, 4) is 11.1 Å². The fourth-order valence-corrected chi connectivity index (χ4v) is 8.38. The Morgan fingerprint density at radius 2 is 1.13 bits per heavy atom. The topological polar surface area (TPSA) is 16.4 Å². The van der Waals surface area contributed by atoms with E-state index in [1.165, 1.54) is 52.8 Å². The van der Waals surface area contributed by atoms with Crippen molar-refractivity contribution in [2.24, 2.45) is 0 Å². The second-order valence-corrected chi connectivity index (χ2v) is 13.2. The molecule has 10 aromatic rings. The molecular formula is C44H27NOS. The minimum Gasteiger partial charge on any atom is -0.455 e. The highest BCUT2D eigenvalue weighted by Crippen LogP contribution is 2.49. The van der Waals surface area contributed by atoms with Crippen LogP contribution in [0.15, 0.2) is 168 Å². The molecule has 0 saturated carbocycles. The normalized spacial score (nSPS) is 11.8. The van der Waals surface area contributed by atoms with E-state index in [2.05, 4.69) is 169 Å². The van der Waals surface area contributed by atoms with Gasteiger partial charge in [0.25, 0.3) is 0 Å². The van der Waals surface area contributed by atoms with E-state index in [0.717, 1.165) is 39.0 Å². The van der Waals surface area contributed by atoms with Gasteiger partial charge in [-0.1, -0.05) is 103 Å². The van der Waals surface area contributed by atoms with E-state index in [-0.39, 0.29) is 0 Å². The minimum atomic E-state index is 0.921. The third-order valence-corrected chi connectivity index (χ3v) is 10.5. The lowest BCUT2D eigenvalue weighted by Crippen LogP contribution is -2.10. The van der Waals surface area contributed by atoms with Gasteiger partial charge in [-0.05, 0) is 87.9 Å². The molecule has 0 spiro atoms. The van der Waals surface area contributed by atoms with Crippen LogP contribution in [0.1, 0.15) is 0 Å². The zero-order valence-corrected chi connectivity index (χ0v) is 26.2. The summed E-state index contributed by atoms with van der Waals surface area (Å²) in [7, 11) is 0. The van der Waals surface area contributed by atoms with Crippen LogP contribution < -0.4 is 4.90 Å². The van der Waals surface area contributed by atoms with E-state index in [9.17, 15) is 0 Å². The Morgan fingerprint density at radius 3 is 2.00 bits per heavy atom. The molecule has 8 aromatic carbocycles. The molecule has 2 aromatic heterocycles. The maximum atomic E-state index is 6.63. The summed E-state index contributed by atoms with van der Waals surface area (Å²) in [6.07, 6.45) is 0. The molecule has 10 rings (SSSR count). The Morgan fingerprint density at radius 1 is 0.426 bits per heavy atom. The first kappa shape index (κ1) is 26.3. The average molecular weight is 618 g/mol. The fourth-order valence-electron chi connectivity index (χ4n) is 7.25. The number of furan rings is 1. The van der Waals surface area contributed by atoms with Crippen LogP contribution in [0.2, 0.25) is 0 Å². The SMILES string of the molecule is c1ccc(N(c2ccc(-c3ccc4ccccc4c3)cc2)c2cccc3sc4ccc5oc6c7ccccc7ccc6c5c4c23)cc1. The summed E-state index contributed by atoms with van der Waals surface area (Å²) in [5.74, 6) is 0. The summed E-state index contributed by atoms with van der Waals surface area (Å²) in [6, 6.07) is 58.9. The fraction of sp³-hybridized carbons (Fsp3) is 0. The monoisotopic (exact) mass is 617 g/mol. The second kappa shape index (κ2) is 10.3. The van der Waals surface area contributed by atoms with E-state index in [1.807, 2.05) is 11.3 Å². The van der Waals surface area contributed by atoms with Crippen molar-refractivity contribution in [2.75, 3.05) is 4.90 Å². The third-order valence-electron chi connectivity index (χ3n) is 9.43. The minimum absolute atomic E-state index is 0.921. The smallest absolute Gasteiger partial charge is 0.143 e. The van der Waals surface area contributed by atoms with Crippen molar-refractivity contribution in [1.82, 2.24) is 0 Å². The van der Waals surface area contributed by atoms with Gasteiger partial charge in [0.1, 0.15) is 11.2 Å². The largest absolute Gasteiger partial charge is 0.455 e. The zero-order valence-electron chi connectivity index (χ0n) is 25.4. The number of rotatable bonds is 4. The molecule has 220 valence electrons. The van der Waals surface area contributed by atoms with Crippen LogP contribution in [0.4, 0.5) is 17.1 Å². The number of hydrogen-bond donors (Lipinski definition) is 0. The summed E-state index contributed by atoms with van der Waals surface area (Å²) in [6.45, 7) is 0. The molecule has 2 nitrogen and oxygen atoms in total. The zero-order chi connectivity index (χ0) is 30.9. The number of hydrogen-bond acceptors (Lipinski definition) is 3. The molecule has 0 fully saturated rings. The second-order valence-electron chi connectivity index (χ2n) is 12.1. The molecule has 0 aliphatic rings. The highest BCUT2D eigenvalue weighted by atomic mass is 32.1. The molecule has 0 bridgehead atoms. The first-order valence-corrected chi connectivity index (χ1v) is 16.7. The van der Waals surface area contributed by atoms with Crippen molar-refractivity contribution in [3.63, 3.8) is 0 Å². The number of thiophene rings is 1. The lowest BCUT2D eigenvalue weighted by atomic mass is 10.00. The number of anilines is 3. The van der Waals surface area contributed by atoms with Crippen LogP contribution in [0.5, 0.6) is 0 Å². The lowest BCUT2D eigenvalue weighted by Gasteiger charge is -2.26. The van der Waals surface area contributed by atoms with Gasteiger partial charge in [-0.3, -0.25) is 0 Å². The van der Waals surface area contributed by atoms with Crippen LogP contribution in [0, 0.1) is 0 Å². The standard InChI is InChI=1S/C44H27NOS/c1-2-12-33(13-3-1)45(34-22-19-29(20-23-34)32-18-17-28-9-4-5-11-31(28)27-32)37-15-8-16-39-42(37)43-40(47-39)26-25-38-41(43)36-24-21-30-10-6-7-14-35(30)44(36)46-38/h1-27H. The number of fused-ring (bicyclic) bond motifs is 10. The molecular weight excluding hydrogens is 591 g/mol. The molecule has 2 heterocycles. The molecule has 0 amide bonds. The maximum absolute atomic E-state index is 6.63. The lowest BCUT2D eigenvalue weighted by molar-refractivity contribution is 0.673. The number of nitrogens with zero attached hydrogens (tertiary/aromatic N) is 1. The van der Waals surface area contributed by atoms with Gasteiger partial charge >= 0.3 is 0 Å². The molecule has 0 N–H and O–H groups in total. The Kier molecular flexibility index (Phi) is 5.78. The predicted octanol–water partition coefficient (Wildman–Crippen LogP) is 13.4. The molecule has 0 unspecified atom stereocenters. The summed E-state index contributed by atoms with van der Waals surface area (Å²) < 4.78 is 9.15. The van der Waals surface area contributed by atoms with Crippen molar-refractivity contribution in [2.45, 2.75) is 0 Å². The maximum Gasteiger partial charge on any atom is 0.143 e. The van der Waals surface area contributed by atoms with E-state index in [0.29, 0.717) is 0 Å². The van der Waals surface area contributed by atoms with Crippen LogP contribution in [-0.4, -0.2) is 0 Å². The summed E-state index contributed by atoms with van der Waals surface area (Å²) in [4.78, 5) is 2.40. The van der Waals surface area contributed by atoms with Gasteiger partial charge in [0.15, 0.2) is 0 Å². The van der Waals surface area contributed by atoms with Crippen LogP contribution in [0.3, 0.4) is 0 Å². The highest BCUT2D eigenvalue weighted by Gasteiger charge is 2.22. The first-order chi connectivity index (χ1) is 23.3. The van der Waals surface area contributed by atoms with Gasteiger partial charge in [-0.25, -0.2) is 0 Å². The molecule has 47 heavy (non-hydrogen) atoms. The van der Waals surface area contributed by atoms with Crippen LogP contribution in [0.25, 0.3) is 74.8 Å². The molecule has 0 aliphatic carbocycles. The molecule has 0 radical (unpaired) electrons. The van der Waals surface area contributed by atoms with Crippen molar-refractivity contribution < 1.29 is 4.42 Å². The van der Waals surface area contributed by atoms with E-state index < -0.39 is 0 Å². The van der Waals surface area contributed by atoms with Gasteiger partial charge in [-0.2, -0.15) is 0 Å². The summed E-state index contributed by atoms with van der Waals surface area (Å²) >= 11 is 1.85. The Bertz CT molecular complexity index is 2790. The van der Waals surface area contributed by atoms with Gasteiger partial charge in [0.2, 0.25) is 0 Å². The quantitative estimate of drug-likeness (QED) is 0.195. The van der Waals surface area contributed by atoms with Crippen molar-refractivity contribution >= 4 is 92.1 Å². The van der Waals surface area contributed by atoms with Gasteiger partial charge in [0, 0.05) is 47.7 Å². The van der Waals surface area contributed by atoms with Crippen LogP contribution >= 0.6 is 11.3 Å². The average Bonchev–Trinajstić information content (AvgIpc) is 3.71. The summed E-state index contributed by atoms with van der Waals surface area (Å²) in [5, 5.41) is 9.68. The van der Waals surface area contributed by atoms with E-state index in [4.69, 9.17) is 4.42 Å². The first-order valence-electron chi connectivity index (χ1n) is 15.9. The molecule has 0 saturated heterocycles. The van der Waals surface area contributed by atoms with E-state index >= 15 is 0 Å². The number of benzene rings is 8. The Labute approximate surface area is 275 Å².